The summed E-state index contributed by atoms with van der Waals surface area (Å²) in [6.45, 7) is 3.55. The molecule has 1 atom stereocenters. The van der Waals surface area contributed by atoms with Gasteiger partial charge in [0.15, 0.2) is 9.84 Å². The average molecular weight is 406 g/mol. The molecule has 1 saturated heterocycles. The fourth-order valence-electron chi connectivity index (χ4n) is 2.72. The molecule has 2 heterocycles. The molecule has 1 unspecified atom stereocenters. The highest BCUT2D eigenvalue weighted by Crippen LogP contribution is 2.33. The molecule has 9 heteroatoms. The van der Waals surface area contributed by atoms with Crippen molar-refractivity contribution in [3.05, 3.63) is 51.8 Å². The van der Waals surface area contributed by atoms with Gasteiger partial charge < -0.3 is 5.32 Å². The normalized spacial score (nSPS) is 22.9. The number of amides is 3. The van der Waals surface area contributed by atoms with Gasteiger partial charge in [0.05, 0.1) is 16.7 Å². The second-order valence-electron chi connectivity index (χ2n) is 6.51. The zero-order valence-corrected chi connectivity index (χ0v) is 16.3. The van der Waals surface area contributed by atoms with Crippen molar-refractivity contribution >= 4 is 44.7 Å². The molecule has 0 radical (unpaired) electrons. The van der Waals surface area contributed by atoms with Crippen LogP contribution in [0.4, 0.5) is 4.79 Å². The molecule has 3 amide bonds. The molecular formula is C18H18N2O5S2. The monoisotopic (exact) mass is 406 g/mol. The summed E-state index contributed by atoms with van der Waals surface area (Å²) in [5.41, 5.74) is 1.06. The Morgan fingerprint density at radius 2 is 1.93 bits per heavy atom. The van der Waals surface area contributed by atoms with Crippen molar-refractivity contribution in [3.63, 3.8) is 0 Å². The predicted molar refractivity (Wildman–Crippen MR) is 104 cm³/mol. The minimum absolute atomic E-state index is 0.136. The highest BCUT2D eigenvalue weighted by molar-refractivity contribution is 8.18. The molecule has 27 heavy (non-hydrogen) atoms. The van der Waals surface area contributed by atoms with Crippen LogP contribution in [-0.2, 0) is 14.6 Å². The largest absolute Gasteiger partial charge is 0.345 e. The fraction of sp³-hybridized carbons (Fsp3) is 0.278. The number of carbonyl (C=O) groups excluding carboxylic acids is 3. The van der Waals surface area contributed by atoms with Gasteiger partial charge in [0.25, 0.3) is 17.1 Å². The van der Waals surface area contributed by atoms with Crippen molar-refractivity contribution in [3.8, 4) is 0 Å². The number of carbonyl (C=O) groups is 3. The molecule has 0 aliphatic carbocycles. The van der Waals surface area contributed by atoms with Crippen molar-refractivity contribution in [2.24, 2.45) is 0 Å². The maximum atomic E-state index is 12.3. The zero-order valence-electron chi connectivity index (χ0n) is 14.7. The Bertz CT molecular complexity index is 962. The topological polar surface area (TPSA) is 101 Å². The molecule has 0 saturated carbocycles. The van der Waals surface area contributed by atoms with Gasteiger partial charge in [-0.2, -0.15) is 0 Å². The second kappa shape index (κ2) is 7.32. The molecule has 1 N–H and O–H groups in total. The van der Waals surface area contributed by atoms with E-state index in [0.29, 0.717) is 16.0 Å². The highest BCUT2D eigenvalue weighted by atomic mass is 32.2. The number of benzene rings is 1. The summed E-state index contributed by atoms with van der Waals surface area (Å²) in [6, 6.07) is 5.76. The number of thioether (sulfide) groups is 1. The maximum Gasteiger partial charge on any atom is 0.293 e. The van der Waals surface area contributed by atoms with E-state index in [2.05, 4.69) is 5.32 Å². The van der Waals surface area contributed by atoms with Crippen LogP contribution in [-0.4, -0.2) is 48.2 Å². The van der Waals surface area contributed by atoms with E-state index in [4.69, 9.17) is 0 Å². The van der Waals surface area contributed by atoms with E-state index in [0.717, 1.165) is 17.2 Å². The molecule has 2 aliphatic heterocycles. The van der Waals surface area contributed by atoms with E-state index < -0.39 is 15.9 Å². The second-order valence-corrected chi connectivity index (χ2v) is 9.43. The molecule has 1 fully saturated rings. The Kier molecular flexibility index (Phi) is 5.25. The minimum Gasteiger partial charge on any atom is -0.345 e. The van der Waals surface area contributed by atoms with Gasteiger partial charge in [-0.05, 0) is 55.5 Å². The van der Waals surface area contributed by atoms with Crippen LogP contribution in [0.3, 0.4) is 0 Å². The van der Waals surface area contributed by atoms with Gasteiger partial charge in [-0.1, -0.05) is 12.1 Å². The Hall–Kier alpha value is -2.39. The lowest BCUT2D eigenvalue weighted by Crippen LogP contribution is -2.35. The van der Waals surface area contributed by atoms with E-state index in [9.17, 15) is 22.8 Å². The standard InChI is InChI=1S/C18H18N2O5S2/c1-11(2)20-17(22)15(26-18(20)23)9-12-3-5-13(6-4-12)16(21)19-14-7-8-27(24,25)10-14/h3-9,11,14H,10H2,1-2H3,(H,19,21). The van der Waals surface area contributed by atoms with Gasteiger partial charge in [0.1, 0.15) is 0 Å². The van der Waals surface area contributed by atoms with E-state index in [1.165, 1.54) is 11.0 Å². The van der Waals surface area contributed by atoms with Crippen LogP contribution in [0, 0.1) is 0 Å². The Morgan fingerprint density at radius 3 is 2.44 bits per heavy atom. The zero-order chi connectivity index (χ0) is 19.8. The first-order valence-electron chi connectivity index (χ1n) is 8.25. The Balaban J connectivity index is 1.69. The van der Waals surface area contributed by atoms with Gasteiger partial charge in [-0.25, -0.2) is 8.42 Å². The van der Waals surface area contributed by atoms with Crippen LogP contribution in [0.2, 0.25) is 0 Å². The number of rotatable bonds is 4. The molecule has 1 aromatic rings. The van der Waals surface area contributed by atoms with Crippen molar-refractivity contribution in [1.82, 2.24) is 10.2 Å². The van der Waals surface area contributed by atoms with Crippen molar-refractivity contribution in [1.29, 1.82) is 0 Å². The number of nitrogens with zero attached hydrogens (tertiary/aromatic N) is 1. The lowest BCUT2D eigenvalue weighted by atomic mass is 10.1. The summed E-state index contributed by atoms with van der Waals surface area (Å²) >= 11 is 0.891. The first-order valence-corrected chi connectivity index (χ1v) is 10.8. The molecule has 0 bridgehead atoms. The maximum absolute atomic E-state index is 12.3. The summed E-state index contributed by atoms with van der Waals surface area (Å²) in [4.78, 5) is 38.0. The molecule has 0 spiro atoms. The van der Waals surface area contributed by atoms with Crippen molar-refractivity contribution < 1.29 is 22.8 Å². The third kappa shape index (κ3) is 4.30. The van der Waals surface area contributed by atoms with Crippen molar-refractivity contribution in [2.45, 2.75) is 25.9 Å². The van der Waals surface area contributed by atoms with E-state index >= 15 is 0 Å². The van der Waals surface area contributed by atoms with Gasteiger partial charge in [0, 0.05) is 17.0 Å². The predicted octanol–water partition coefficient (Wildman–Crippen LogP) is 2.17. The van der Waals surface area contributed by atoms with Gasteiger partial charge in [-0.15, -0.1) is 0 Å². The van der Waals surface area contributed by atoms with E-state index in [-0.39, 0.29) is 28.8 Å². The minimum atomic E-state index is -3.23. The summed E-state index contributed by atoms with van der Waals surface area (Å²) < 4.78 is 22.8. The number of hydrogen-bond acceptors (Lipinski definition) is 6. The van der Waals surface area contributed by atoms with Crippen molar-refractivity contribution in [2.75, 3.05) is 5.75 Å². The van der Waals surface area contributed by atoms with Gasteiger partial charge >= 0.3 is 0 Å². The number of hydrogen-bond donors (Lipinski definition) is 1. The Morgan fingerprint density at radius 1 is 1.26 bits per heavy atom. The molecule has 7 nitrogen and oxygen atoms in total. The van der Waals surface area contributed by atoms with E-state index in [1.54, 1.807) is 44.2 Å². The van der Waals surface area contributed by atoms with Crippen LogP contribution >= 0.6 is 11.8 Å². The molecule has 0 aromatic heterocycles. The SMILES string of the molecule is CC(C)N1C(=O)SC(=Cc2ccc(C(=O)NC3C=CS(=O)(=O)C3)cc2)C1=O. The van der Waals surface area contributed by atoms with Crippen LogP contribution in [0.5, 0.6) is 0 Å². The summed E-state index contributed by atoms with van der Waals surface area (Å²) in [5.74, 6) is -0.840. The summed E-state index contributed by atoms with van der Waals surface area (Å²) in [7, 11) is -3.23. The highest BCUT2D eigenvalue weighted by Gasteiger charge is 2.36. The van der Waals surface area contributed by atoms with Gasteiger partial charge in [-0.3, -0.25) is 19.3 Å². The van der Waals surface area contributed by atoms with Crippen LogP contribution < -0.4 is 5.32 Å². The molecular weight excluding hydrogens is 388 g/mol. The average Bonchev–Trinajstić information content (AvgIpc) is 3.06. The smallest absolute Gasteiger partial charge is 0.293 e. The third-order valence-electron chi connectivity index (χ3n) is 4.06. The Labute approximate surface area is 161 Å². The summed E-state index contributed by atoms with van der Waals surface area (Å²) in [5, 5.41) is 3.45. The molecule has 142 valence electrons. The molecule has 3 rings (SSSR count). The van der Waals surface area contributed by atoms with E-state index in [1.807, 2.05) is 0 Å². The quantitative estimate of drug-likeness (QED) is 0.769. The fourth-order valence-corrected chi connectivity index (χ4v) is 4.92. The lowest BCUT2D eigenvalue weighted by Gasteiger charge is -2.16. The number of imide groups is 1. The third-order valence-corrected chi connectivity index (χ3v) is 6.34. The first-order chi connectivity index (χ1) is 12.7. The number of sulfone groups is 1. The lowest BCUT2D eigenvalue weighted by molar-refractivity contribution is -0.123. The van der Waals surface area contributed by atoms with Crippen LogP contribution in [0.1, 0.15) is 29.8 Å². The van der Waals surface area contributed by atoms with Gasteiger partial charge in [0.2, 0.25) is 0 Å². The molecule has 2 aliphatic rings. The number of nitrogens with one attached hydrogen (secondary N) is 1. The first kappa shape index (κ1) is 19.4. The van der Waals surface area contributed by atoms with Crippen LogP contribution in [0.15, 0.2) is 40.7 Å². The molecule has 1 aromatic carbocycles. The summed E-state index contributed by atoms with van der Waals surface area (Å²) in [6.07, 6.45) is 3.06. The van der Waals surface area contributed by atoms with Crippen LogP contribution in [0.25, 0.3) is 6.08 Å².